The van der Waals surface area contributed by atoms with E-state index in [1.54, 1.807) is 5.56 Å². The Morgan fingerprint density at radius 1 is 0.558 bits per heavy atom. The molecular weight excluding hydrogens is 649 g/mol. The molecule has 6 aromatic rings. The van der Waals surface area contributed by atoms with Crippen LogP contribution in [0.15, 0.2) is 149 Å². The molecule has 5 aliphatic carbocycles. The molecule has 2 nitrogen and oxygen atoms in total. The Kier molecular flexibility index (Phi) is 6.75. The molecule has 4 fully saturated rings. The highest BCUT2D eigenvalue weighted by Crippen LogP contribution is 2.61. The summed E-state index contributed by atoms with van der Waals surface area (Å²) in [6, 6.07) is 52.7. The molecule has 6 aliphatic rings. The zero-order valence-corrected chi connectivity index (χ0v) is 30.9. The lowest BCUT2D eigenvalue weighted by molar-refractivity contribution is -0.00518. The highest BCUT2D eigenvalue weighted by Gasteiger charge is 2.51. The first-order valence-electron chi connectivity index (χ1n) is 19.4. The minimum absolute atomic E-state index is 0.0626. The van der Waals surface area contributed by atoms with Crippen molar-refractivity contribution < 1.29 is 0 Å². The van der Waals surface area contributed by atoms with Gasteiger partial charge in [-0.15, -0.1) is 0 Å². The fraction of sp³-hybridized carbons (Fsp3) is 0.265. The number of nitrogens with zero attached hydrogens (tertiary/aromatic N) is 2. The maximum atomic E-state index is 2.53. The molecule has 0 amide bonds. The lowest BCUT2D eigenvalue weighted by Gasteiger charge is -2.57. The van der Waals surface area contributed by atoms with Crippen LogP contribution < -0.4 is 9.80 Å². The van der Waals surface area contributed by atoms with E-state index < -0.39 is 0 Å². The highest BCUT2D eigenvalue weighted by molar-refractivity contribution is 7.99. The Morgan fingerprint density at radius 2 is 1.10 bits per heavy atom. The van der Waals surface area contributed by atoms with E-state index in [1.165, 1.54) is 105 Å². The summed E-state index contributed by atoms with van der Waals surface area (Å²) in [6.45, 7) is 4.76. The summed E-state index contributed by atoms with van der Waals surface area (Å²) in [5, 5.41) is 0. The maximum absolute atomic E-state index is 2.53. The monoisotopic (exact) mass is 692 g/mol. The summed E-state index contributed by atoms with van der Waals surface area (Å²) in [5.41, 5.74) is 14.7. The van der Waals surface area contributed by atoms with Gasteiger partial charge >= 0.3 is 0 Å². The zero-order chi connectivity index (χ0) is 34.6. The Hall–Kier alpha value is -4.73. The molecule has 52 heavy (non-hydrogen) atoms. The minimum atomic E-state index is -0.0626. The van der Waals surface area contributed by atoms with Gasteiger partial charge in [-0.25, -0.2) is 0 Å². The molecule has 1 aliphatic heterocycles. The van der Waals surface area contributed by atoms with Gasteiger partial charge in [0.25, 0.3) is 0 Å². The van der Waals surface area contributed by atoms with Crippen LogP contribution in [0, 0.1) is 17.8 Å². The van der Waals surface area contributed by atoms with Crippen molar-refractivity contribution >= 4 is 45.9 Å². The van der Waals surface area contributed by atoms with Crippen molar-refractivity contribution in [3.8, 4) is 11.1 Å². The molecular formula is C49H44N2S. The number of hydrogen-bond acceptors (Lipinski definition) is 3. The lowest BCUT2D eigenvalue weighted by Crippen LogP contribution is -2.48. The standard InChI is InChI=1S/C49H44N2S/c1-48(2)40-11-4-3-10-39(40)47-41(48)12-9-15-44(47)50(36-20-18-35(19-21-36)49-29-32-26-33(30-49)28-34(27-32)31-49)37-22-24-38(25-23-37)51-42-13-5-7-16-45(42)52-46-17-8-6-14-43(46)51/h3-25,32-34H,26-31H2,1-2H3. The minimum Gasteiger partial charge on any atom is -0.310 e. The van der Waals surface area contributed by atoms with E-state index in [4.69, 9.17) is 0 Å². The number of fused-ring (bicyclic) bond motifs is 5. The van der Waals surface area contributed by atoms with Gasteiger partial charge in [0.15, 0.2) is 0 Å². The molecule has 256 valence electrons. The van der Waals surface area contributed by atoms with Gasteiger partial charge in [0.05, 0.1) is 17.1 Å². The number of rotatable bonds is 5. The van der Waals surface area contributed by atoms with E-state index in [0.29, 0.717) is 5.41 Å². The number of benzene rings is 6. The molecule has 1 heterocycles. The number of para-hydroxylation sites is 2. The Bertz CT molecular complexity index is 2270. The highest BCUT2D eigenvalue weighted by atomic mass is 32.2. The molecule has 0 N–H and O–H groups in total. The van der Waals surface area contributed by atoms with E-state index in [0.717, 1.165) is 17.8 Å². The van der Waals surface area contributed by atoms with Crippen LogP contribution in [0.5, 0.6) is 0 Å². The Morgan fingerprint density at radius 3 is 1.73 bits per heavy atom. The van der Waals surface area contributed by atoms with Gasteiger partial charge in [0.2, 0.25) is 0 Å². The summed E-state index contributed by atoms with van der Waals surface area (Å²) in [7, 11) is 0. The second kappa shape index (κ2) is 11.4. The van der Waals surface area contributed by atoms with Gasteiger partial charge in [-0.05, 0) is 151 Å². The average molecular weight is 693 g/mol. The van der Waals surface area contributed by atoms with Crippen LogP contribution in [0.25, 0.3) is 11.1 Å². The molecule has 4 bridgehead atoms. The topological polar surface area (TPSA) is 6.48 Å². The van der Waals surface area contributed by atoms with E-state index in [9.17, 15) is 0 Å². The first-order valence-corrected chi connectivity index (χ1v) is 20.2. The van der Waals surface area contributed by atoms with Crippen LogP contribution >= 0.6 is 11.8 Å². The van der Waals surface area contributed by atoms with E-state index >= 15 is 0 Å². The van der Waals surface area contributed by atoms with Crippen LogP contribution in [0.4, 0.5) is 34.1 Å². The third-order valence-corrected chi connectivity index (χ3v) is 14.5. The van der Waals surface area contributed by atoms with Crippen molar-refractivity contribution in [3.05, 3.63) is 156 Å². The summed E-state index contributed by atoms with van der Waals surface area (Å²) in [4.78, 5) is 7.52. The van der Waals surface area contributed by atoms with Crippen molar-refractivity contribution in [1.82, 2.24) is 0 Å². The van der Waals surface area contributed by atoms with Crippen LogP contribution in [-0.4, -0.2) is 0 Å². The van der Waals surface area contributed by atoms with Crippen LogP contribution in [-0.2, 0) is 10.8 Å². The van der Waals surface area contributed by atoms with Gasteiger partial charge in [0.1, 0.15) is 0 Å². The molecule has 0 atom stereocenters. The Labute approximate surface area is 312 Å². The summed E-state index contributed by atoms with van der Waals surface area (Å²) < 4.78 is 0. The average Bonchev–Trinajstić information content (AvgIpc) is 3.40. The second-order valence-electron chi connectivity index (χ2n) is 16.8. The van der Waals surface area contributed by atoms with E-state index in [-0.39, 0.29) is 5.41 Å². The summed E-state index contributed by atoms with van der Waals surface area (Å²) >= 11 is 1.86. The number of hydrogen-bond donors (Lipinski definition) is 0. The maximum Gasteiger partial charge on any atom is 0.0601 e. The van der Waals surface area contributed by atoms with Gasteiger partial charge in [-0.2, -0.15) is 0 Å². The predicted octanol–water partition coefficient (Wildman–Crippen LogP) is 13.9. The lowest BCUT2D eigenvalue weighted by atomic mass is 9.48. The first kappa shape index (κ1) is 30.9. The Balaban J connectivity index is 1.05. The number of anilines is 6. The summed E-state index contributed by atoms with van der Waals surface area (Å²) in [6.07, 6.45) is 8.61. The van der Waals surface area contributed by atoms with E-state index in [2.05, 4.69) is 163 Å². The van der Waals surface area contributed by atoms with E-state index in [1.807, 2.05) is 11.8 Å². The van der Waals surface area contributed by atoms with Crippen molar-refractivity contribution in [2.24, 2.45) is 17.8 Å². The molecule has 6 aromatic carbocycles. The quantitative estimate of drug-likeness (QED) is 0.177. The summed E-state index contributed by atoms with van der Waals surface area (Å²) in [5.74, 6) is 2.82. The third-order valence-electron chi connectivity index (χ3n) is 13.4. The van der Waals surface area contributed by atoms with Gasteiger partial charge < -0.3 is 9.80 Å². The van der Waals surface area contributed by atoms with Gasteiger partial charge in [-0.1, -0.05) is 98.4 Å². The van der Waals surface area contributed by atoms with Gasteiger partial charge in [-0.3, -0.25) is 0 Å². The fourth-order valence-electron chi connectivity index (χ4n) is 11.5. The SMILES string of the molecule is CC1(C)c2ccccc2-c2c(N(c3ccc(N4c5ccccc5Sc5ccccc54)cc3)c3ccc(C45CC6CC(CC(C6)C4)C5)cc3)cccc21. The molecule has 3 heteroatoms. The molecule has 0 saturated heterocycles. The largest absolute Gasteiger partial charge is 0.310 e. The molecule has 4 saturated carbocycles. The molecule has 0 aromatic heterocycles. The fourth-order valence-corrected chi connectivity index (χ4v) is 12.6. The van der Waals surface area contributed by atoms with Gasteiger partial charge in [0, 0.05) is 37.8 Å². The van der Waals surface area contributed by atoms with Crippen molar-refractivity contribution in [2.45, 2.75) is 73.0 Å². The van der Waals surface area contributed by atoms with Crippen LogP contribution in [0.2, 0.25) is 0 Å². The molecule has 0 unspecified atom stereocenters. The molecule has 0 radical (unpaired) electrons. The second-order valence-corrected chi connectivity index (χ2v) is 17.9. The molecule has 12 rings (SSSR count). The van der Waals surface area contributed by atoms with Crippen molar-refractivity contribution in [2.75, 3.05) is 9.80 Å². The third kappa shape index (κ3) is 4.57. The normalized spacial score (nSPS) is 24.2. The van der Waals surface area contributed by atoms with Crippen LogP contribution in [0.3, 0.4) is 0 Å². The molecule has 0 spiro atoms. The van der Waals surface area contributed by atoms with Crippen molar-refractivity contribution in [1.29, 1.82) is 0 Å². The van der Waals surface area contributed by atoms with Crippen LogP contribution in [0.1, 0.15) is 69.1 Å². The first-order chi connectivity index (χ1) is 25.4. The zero-order valence-electron chi connectivity index (χ0n) is 30.1. The smallest absolute Gasteiger partial charge is 0.0601 e. The predicted molar refractivity (Wildman–Crippen MR) is 217 cm³/mol. The van der Waals surface area contributed by atoms with Crippen molar-refractivity contribution in [3.63, 3.8) is 0 Å².